The summed E-state index contributed by atoms with van der Waals surface area (Å²) < 4.78 is 0. The van der Waals surface area contributed by atoms with Crippen LogP contribution in [0.2, 0.25) is 0 Å². The summed E-state index contributed by atoms with van der Waals surface area (Å²) in [4.78, 5) is 17.0. The fourth-order valence-corrected chi connectivity index (χ4v) is 7.35. The molecule has 3 aliphatic carbocycles. The summed E-state index contributed by atoms with van der Waals surface area (Å²) in [6, 6.07) is 4.33. The predicted molar refractivity (Wildman–Crippen MR) is 132 cm³/mol. The third kappa shape index (κ3) is 5.79. The van der Waals surface area contributed by atoms with E-state index in [1.165, 1.54) is 32.1 Å². The highest BCUT2D eigenvalue weighted by Gasteiger charge is 2.61. The molecule has 3 saturated carbocycles. The van der Waals surface area contributed by atoms with E-state index in [0.717, 1.165) is 50.1 Å². The second-order valence-corrected chi connectivity index (χ2v) is 12.3. The normalized spacial score (nSPS) is 34.1. The van der Waals surface area contributed by atoms with Crippen molar-refractivity contribution in [3.05, 3.63) is 30.1 Å². The van der Waals surface area contributed by atoms with Gasteiger partial charge in [-0.1, -0.05) is 39.2 Å². The Labute approximate surface area is 200 Å². The molecule has 0 spiro atoms. The highest BCUT2D eigenvalue weighted by Crippen LogP contribution is 2.63. The third-order valence-corrected chi connectivity index (χ3v) is 9.24. The van der Waals surface area contributed by atoms with Gasteiger partial charge in [0.25, 0.3) is 0 Å². The van der Waals surface area contributed by atoms with Crippen molar-refractivity contribution >= 4 is 5.91 Å². The van der Waals surface area contributed by atoms with Crippen LogP contribution >= 0.6 is 0 Å². The lowest BCUT2D eigenvalue weighted by Crippen LogP contribution is -2.52. The molecule has 4 atom stereocenters. The molecule has 0 unspecified atom stereocenters. The third-order valence-electron chi connectivity index (χ3n) is 9.24. The van der Waals surface area contributed by atoms with E-state index in [1.54, 1.807) is 6.20 Å². The van der Waals surface area contributed by atoms with Gasteiger partial charge in [0.15, 0.2) is 0 Å². The van der Waals surface area contributed by atoms with Crippen LogP contribution in [0.25, 0.3) is 0 Å². The molecule has 33 heavy (non-hydrogen) atoms. The van der Waals surface area contributed by atoms with Crippen molar-refractivity contribution < 1.29 is 9.90 Å². The number of aromatic nitrogens is 1. The van der Waals surface area contributed by atoms with E-state index in [4.69, 9.17) is 0 Å². The minimum absolute atomic E-state index is 0.0893. The number of nitrogens with one attached hydrogen (secondary N) is 2. The Balaban J connectivity index is 1.44. The van der Waals surface area contributed by atoms with Crippen LogP contribution < -0.4 is 10.6 Å². The Hall–Kier alpha value is -1.46. The van der Waals surface area contributed by atoms with Gasteiger partial charge in [0, 0.05) is 31.4 Å². The van der Waals surface area contributed by atoms with E-state index >= 15 is 0 Å². The monoisotopic (exact) mass is 455 g/mol. The average Bonchev–Trinajstić information content (AvgIpc) is 3.02. The van der Waals surface area contributed by atoms with Crippen LogP contribution in [0.4, 0.5) is 0 Å². The first kappa shape index (κ1) is 24.7. The molecular weight excluding hydrogens is 410 g/mol. The zero-order valence-electron chi connectivity index (χ0n) is 21.0. The molecule has 5 nitrogen and oxygen atoms in total. The Morgan fingerprint density at radius 1 is 1.15 bits per heavy atom. The fourth-order valence-electron chi connectivity index (χ4n) is 7.35. The van der Waals surface area contributed by atoms with Gasteiger partial charge in [-0.25, -0.2) is 0 Å². The van der Waals surface area contributed by atoms with Crippen molar-refractivity contribution in [2.45, 2.75) is 110 Å². The number of fused-ring (bicyclic) bond motifs is 1. The van der Waals surface area contributed by atoms with E-state index in [2.05, 4.69) is 29.5 Å². The molecule has 1 heterocycles. The maximum absolute atomic E-state index is 12.8. The van der Waals surface area contributed by atoms with E-state index in [-0.39, 0.29) is 16.7 Å². The Bertz CT molecular complexity index is 788. The maximum Gasteiger partial charge on any atom is 0.220 e. The van der Waals surface area contributed by atoms with Crippen molar-refractivity contribution in [3.63, 3.8) is 0 Å². The smallest absolute Gasteiger partial charge is 0.220 e. The lowest BCUT2D eigenvalue weighted by Gasteiger charge is -2.51. The summed E-state index contributed by atoms with van der Waals surface area (Å²) in [5.41, 5.74) is 0.698. The van der Waals surface area contributed by atoms with Crippen LogP contribution in [-0.4, -0.2) is 34.2 Å². The Morgan fingerprint density at radius 2 is 1.94 bits per heavy atom. The number of rotatable bonds is 8. The highest BCUT2D eigenvalue weighted by atomic mass is 16.3. The summed E-state index contributed by atoms with van der Waals surface area (Å²) in [6.45, 7) is 8.43. The lowest BCUT2D eigenvalue weighted by molar-refractivity contribution is -0.123. The molecule has 0 bridgehead atoms. The Kier molecular flexibility index (Phi) is 7.50. The quantitative estimate of drug-likeness (QED) is 0.517. The molecule has 1 amide bonds. The summed E-state index contributed by atoms with van der Waals surface area (Å²) in [5, 5.41) is 18.1. The average molecular weight is 456 g/mol. The Morgan fingerprint density at radius 3 is 2.67 bits per heavy atom. The number of hydrogen-bond donors (Lipinski definition) is 3. The largest absolute Gasteiger partial charge is 0.390 e. The molecule has 0 radical (unpaired) electrons. The summed E-state index contributed by atoms with van der Waals surface area (Å²) in [6.07, 6.45) is 15.7. The number of carbonyl (C=O) groups is 1. The number of amides is 1. The van der Waals surface area contributed by atoms with Gasteiger partial charge in [0.05, 0.1) is 5.60 Å². The minimum Gasteiger partial charge on any atom is -0.390 e. The number of pyridine rings is 1. The molecule has 3 fully saturated rings. The number of hydrogen-bond acceptors (Lipinski definition) is 4. The molecule has 1 aromatic rings. The molecule has 3 N–H and O–H groups in total. The van der Waals surface area contributed by atoms with Gasteiger partial charge in [0.2, 0.25) is 5.91 Å². The molecule has 1 aromatic heterocycles. The first-order valence-electron chi connectivity index (χ1n) is 13.3. The lowest BCUT2D eigenvalue weighted by atomic mass is 9.57. The number of aliphatic hydroxyl groups is 1. The van der Waals surface area contributed by atoms with Crippen LogP contribution in [0.1, 0.15) is 97.0 Å². The summed E-state index contributed by atoms with van der Waals surface area (Å²) in [7, 11) is 0. The maximum atomic E-state index is 12.8. The van der Waals surface area contributed by atoms with Crippen LogP contribution in [0.5, 0.6) is 0 Å². The molecule has 3 aliphatic rings. The minimum atomic E-state index is -0.591. The van der Waals surface area contributed by atoms with E-state index in [1.807, 2.05) is 25.3 Å². The van der Waals surface area contributed by atoms with Crippen LogP contribution in [0, 0.1) is 22.7 Å². The molecule has 0 aliphatic heterocycles. The second-order valence-electron chi connectivity index (χ2n) is 12.3. The van der Waals surface area contributed by atoms with E-state index in [9.17, 15) is 9.90 Å². The zero-order valence-corrected chi connectivity index (χ0v) is 21.0. The summed E-state index contributed by atoms with van der Waals surface area (Å²) >= 11 is 0. The van der Waals surface area contributed by atoms with Gasteiger partial charge in [-0.05, 0) is 92.7 Å². The first-order chi connectivity index (χ1) is 15.7. The molecule has 0 saturated heterocycles. The van der Waals surface area contributed by atoms with Crippen LogP contribution in [0.15, 0.2) is 24.5 Å². The van der Waals surface area contributed by atoms with Crippen molar-refractivity contribution in [3.8, 4) is 0 Å². The first-order valence-corrected chi connectivity index (χ1v) is 13.3. The van der Waals surface area contributed by atoms with Crippen molar-refractivity contribution in [1.29, 1.82) is 0 Å². The molecule has 4 rings (SSSR count). The summed E-state index contributed by atoms with van der Waals surface area (Å²) in [5.74, 6) is 1.36. The SMILES string of the molecule is CC1(C)C[C@H](NCC2CCCCC2)[C@]2(CCC(=O)NCc3cccnc3)CC[C@@](C)(O)C[C@@H]12. The topological polar surface area (TPSA) is 74.2 Å². The molecule has 5 heteroatoms. The van der Waals surface area contributed by atoms with Gasteiger partial charge < -0.3 is 15.7 Å². The molecule has 0 aromatic carbocycles. The van der Waals surface area contributed by atoms with Gasteiger partial charge in [-0.15, -0.1) is 0 Å². The second kappa shape index (κ2) is 10.0. The van der Waals surface area contributed by atoms with Crippen LogP contribution in [0.3, 0.4) is 0 Å². The van der Waals surface area contributed by atoms with Gasteiger partial charge in [-0.2, -0.15) is 0 Å². The predicted octanol–water partition coefficient (Wildman–Crippen LogP) is 4.98. The van der Waals surface area contributed by atoms with E-state index < -0.39 is 5.60 Å². The van der Waals surface area contributed by atoms with Gasteiger partial charge in [0.1, 0.15) is 0 Å². The standard InChI is InChI=1S/C28H45N3O2/c1-26(2)17-24(30-19-21-8-5-4-6-9-21)28(14-13-27(3,33)16-23(26)28)12-11-25(32)31-20-22-10-7-15-29-18-22/h7,10,15,18,21,23-24,30,33H,4-6,8-9,11-14,16-17,19-20H2,1-3H3,(H,31,32)/t23-,24-,27+,28+/m0/s1. The van der Waals surface area contributed by atoms with Gasteiger partial charge >= 0.3 is 0 Å². The van der Waals surface area contributed by atoms with Crippen molar-refractivity contribution in [2.24, 2.45) is 22.7 Å². The number of carbonyl (C=O) groups excluding carboxylic acids is 1. The van der Waals surface area contributed by atoms with Gasteiger partial charge in [-0.3, -0.25) is 9.78 Å². The van der Waals surface area contributed by atoms with Crippen LogP contribution in [-0.2, 0) is 11.3 Å². The molecular formula is C28H45N3O2. The highest BCUT2D eigenvalue weighted by molar-refractivity contribution is 5.75. The number of nitrogens with zero attached hydrogens (tertiary/aromatic N) is 1. The zero-order chi connectivity index (χ0) is 23.5. The molecule has 184 valence electrons. The van der Waals surface area contributed by atoms with Crippen molar-refractivity contribution in [2.75, 3.05) is 6.54 Å². The fraction of sp³-hybridized carbons (Fsp3) is 0.786. The van der Waals surface area contributed by atoms with E-state index in [0.29, 0.717) is 24.9 Å². The van der Waals surface area contributed by atoms with Crippen molar-refractivity contribution in [1.82, 2.24) is 15.6 Å².